The van der Waals surface area contributed by atoms with Crippen LogP contribution in [0.5, 0.6) is 0 Å². The maximum Gasteiger partial charge on any atom is 0.321 e. The summed E-state index contributed by atoms with van der Waals surface area (Å²) in [5.41, 5.74) is 2.63. The lowest BCUT2D eigenvalue weighted by Crippen LogP contribution is -2.43. The molecule has 0 unspecified atom stereocenters. The SMILES string of the molecule is CCNC(=O)NC(=O)[C@@H](Nc1ccc(Br)c(C)c1)c1ccccc1. The van der Waals surface area contributed by atoms with E-state index in [0.717, 1.165) is 21.3 Å². The van der Waals surface area contributed by atoms with Crippen LogP contribution in [0, 0.1) is 6.92 Å². The van der Waals surface area contributed by atoms with Crippen LogP contribution in [-0.4, -0.2) is 18.5 Å². The lowest BCUT2D eigenvalue weighted by molar-refractivity contribution is -0.120. The first-order valence-electron chi connectivity index (χ1n) is 7.67. The summed E-state index contributed by atoms with van der Waals surface area (Å²) in [6.07, 6.45) is 0. The summed E-state index contributed by atoms with van der Waals surface area (Å²) in [7, 11) is 0. The summed E-state index contributed by atoms with van der Waals surface area (Å²) in [5, 5.41) is 8.12. The number of nitrogens with one attached hydrogen (secondary N) is 3. The van der Waals surface area contributed by atoms with E-state index in [2.05, 4.69) is 31.9 Å². The number of hydrogen-bond donors (Lipinski definition) is 3. The molecule has 0 radical (unpaired) electrons. The molecule has 0 heterocycles. The van der Waals surface area contributed by atoms with Crippen molar-refractivity contribution in [3.05, 3.63) is 64.1 Å². The number of carbonyl (C=O) groups is 2. The average Bonchev–Trinajstić information content (AvgIpc) is 2.56. The molecule has 2 aromatic carbocycles. The van der Waals surface area contributed by atoms with E-state index in [1.54, 1.807) is 6.92 Å². The zero-order chi connectivity index (χ0) is 17.5. The number of amides is 3. The molecule has 0 spiro atoms. The molecule has 0 aliphatic heterocycles. The Morgan fingerprint density at radius 1 is 1.12 bits per heavy atom. The molecule has 0 fully saturated rings. The van der Waals surface area contributed by atoms with Crippen LogP contribution in [0.4, 0.5) is 10.5 Å². The van der Waals surface area contributed by atoms with Gasteiger partial charge >= 0.3 is 6.03 Å². The fourth-order valence-corrected chi connectivity index (χ4v) is 2.48. The molecule has 126 valence electrons. The molecule has 0 saturated carbocycles. The average molecular weight is 390 g/mol. The van der Waals surface area contributed by atoms with E-state index in [9.17, 15) is 9.59 Å². The summed E-state index contributed by atoms with van der Waals surface area (Å²) >= 11 is 3.46. The van der Waals surface area contributed by atoms with Crippen LogP contribution in [0.15, 0.2) is 53.0 Å². The van der Waals surface area contributed by atoms with Gasteiger partial charge in [-0.1, -0.05) is 46.3 Å². The number of carbonyl (C=O) groups excluding carboxylic acids is 2. The Morgan fingerprint density at radius 3 is 2.46 bits per heavy atom. The van der Waals surface area contributed by atoms with Crippen LogP contribution < -0.4 is 16.0 Å². The Balaban J connectivity index is 2.24. The van der Waals surface area contributed by atoms with Gasteiger partial charge in [0, 0.05) is 16.7 Å². The van der Waals surface area contributed by atoms with Crippen molar-refractivity contribution in [2.24, 2.45) is 0 Å². The van der Waals surface area contributed by atoms with Crippen molar-refractivity contribution >= 4 is 33.6 Å². The third-order valence-electron chi connectivity index (χ3n) is 3.44. The van der Waals surface area contributed by atoms with Crippen LogP contribution in [0.3, 0.4) is 0 Å². The number of anilines is 1. The zero-order valence-corrected chi connectivity index (χ0v) is 15.2. The van der Waals surface area contributed by atoms with Crippen molar-refractivity contribution in [2.75, 3.05) is 11.9 Å². The molecule has 0 aromatic heterocycles. The molecule has 3 N–H and O–H groups in total. The Morgan fingerprint density at radius 2 is 1.83 bits per heavy atom. The molecule has 24 heavy (non-hydrogen) atoms. The Hall–Kier alpha value is -2.34. The van der Waals surface area contributed by atoms with Crippen LogP contribution in [0.25, 0.3) is 0 Å². The number of imide groups is 1. The van der Waals surface area contributed by atoms with Gasteiger partial charge in [0.2, 0.25) is 0 Å². The highest BCUT2D eigenvalue weighted by atomic mass is 79.9. The van der Waals surface area contributed by atoms with Gasteiger partial charge in [-0.05, 0) is 43.2 Å². The number of hydrogen-bond acceptors (Lipinski definition) is 3. The number of halogens is 1. The fraction of sp³-hybridized carbons (Fsp3) is 0.222. The molecule has 0 aliphatic carbocycles. The summed E-state index contributed by atoms with van der Waals surface area (Å²) < 4.78 is 0.996. The van der Waals surface area contributed by atoms with Gasteiger partial charge in [0.25, 0.3) is 5.91 Å². The van der Waals surface area contributed by atoms with Crippen molar-refractivity contribution in [1.82, 2.24) is 10.6 Å². The van der Waals surface area contributed by atoms with Gasteiger partial charge in [-0.15, -0.1) is 0 Å². The maximum atomic E-state index is 12.5. The second kappa shape index (κ2) is 8.49. The van der Waals surface area contributed by atoms with Gasteiger partial charge in [0.1, 0.15) is 6.04 Å². The van der Waals surface area contributed by atoms with Crippen LogP contribution in [0.2, 0.25) is 0 Å². The number of rotatable bonds is 5. The summed E-state index contributed by atoms with van der Waals surface area (Å²) in [4.78, 5) is 24.2. The van der Waals surface area contributed by atoms with E-state index >= 15 is 0 Å². The van der Waals surface area contributed by atoms with Gasteiger partial charge in [0.15, 0.2) is 0 Å². The second-order valence-corrected chi connectivity index (χ2v) is 6.16. The summed E-state index contributed by atoms with van der Waals surface area (Å²) in [6.45, 7) is 4.22. The largest absolute Gasteiger partial charge is 0.370 e. The minimum atomic E-state index is -0.672. The standard InChI is InChI=1S/C18H20BrN3O2/c1-3-20-18(24)22-17(23)16(13-7-5-4-6-8-13)21-14-9-10-15(19)12(2)11-14/h4-11,16,21H,3H2,1-2H3,(H2,20,22,23,24)/t16-/m0/s1. The zero-order valence-electron chi connectivity index (χ0n) is 13.6. The molecular formula is C18H20BrN3O2. The minimum Gasteiger partial charge on any atom is -0.370 e. The van der Waals surface area contributed by atoms with Gasteiger partial charge in [0.05, 0.1) is 0 Å². The molecule has 3 amide bonds. The van der Waals surface area contributed by atoms with Crippen molar-refractivity contribution in [3.63, 3.8) is 0 Å². The van der Waals surface area contributed by atoms with E-state index in [1.807, 2.05) is 55.5 Å². The molecule has 0 aliphatic rings. The molecule has 2 rings (SSSR count). The van der Waals surface area contributed by atoms with Gasteiger partial charge in [-0.25, -0.2) is 4.79 Å². The highest BCUT2D eigenvalue weighted by Gasteiger charge is 2.22. The molecule has 6 heteroatoms. The first kappa shape index (κ1) is 18.0. The first-order valence-corrected chi connectivity index (χ1v) is 8.47. The third kappa shape index (κ3) is 4.83. The van der Waals surface area contributed by atoms with Crippen molar-refractivity contribution < 1.29 is 9.59 Å². The van der Waals surface area contributed by atoms with Gasteiger partial charge in [-0.2, -0.15) is 0 Å². The smallest absolute Gasteiger partial charge is 0.321 e. The molecule has 0 saturated heterocycles. The Bertz CT molecular complexity index is 719. The maximum absolute atomic E-state index is 12.5. The van der Waals surface area contributed by atoms with Crippen molar-refractivity contribution in [1.29, 1.82) is 0 Å². The molecular weight excluding hydrogens is 370 g/mol. The van der Waals surface area contributed by atoms with E-state index < -0.39 is 18.0 Å². The highest BCUT2D eigenvalue weighted by Crippen LogP contribution is 2.24. The highest BCUT2D eigenvalue weighted by molar-refractivity contribution is 9.10. The monoisotopic (exact) mass is 389 g/mol. The van der Waals surface area contributed by atoms with Crippen LogP contribution >= 0.6 is 15.9 Å². The molecule has 5 nitrogen and oxygen atoms in total. The summed E-state index contributed by atoms with van der Waals surface area (Å²) in [5.74, 6) is -0.410. The second-order valence-electron chi connectivity index (χ2n) is 5.30. The minimum absolute atomic E-state index is 0.410. The summed E-state index contributed by atoms with van der Waals surface area (Å²) in [6, 6.07) is 13.9. The Kier molecular flexibility index (Phi) is 6.37. The lowest BCUT2D eigenvalue weighted by atomic mass is 10.1. The quantitative estimate of drug-likeness (QED) is 0.728. The molecule has 1 atom stereocenters. The predicted molar refractivity (Wildman–Crippen MR) is 98.9 cm³/mol. The van der Waals surface area contributed by atoms with Gasteiger partial charge in [-0.3, -0.25) is 10.1 Å². The van der Waals surface area contributed by atoms with Gasteiger partial charge < -0.3 is 10.6 Å². The topological polar surface area (TPSA) is 70.2 Å². The normalized spacial score (nSPS) is 11.5. The first-order chi connectivity index (χ1) is 11.5. The van der Waals surface area contributed by atoms with Crippen LogP contribution in [-0.2, 0) is 4.79 Å². The predicted octanol–water partition coefficient (Wildman–Crippen LogP) is 3.76. The van der Waals surface area contributed by atoms with E-state index in [-0.39, 0.29) is 0 Å². The number of urea groups is 1. The Labute approximate surface area is 150 Å². The number of benzene rings is 2. The lowest BCUT2D eigenvalue weighted by Gasteiger charge is -2.20. The van der Waals surface area contributed by atoms with Crippen molar-refractivity contribution in [3.8, 4) is 0 Å². The van der Waals surface area contributed by atoms with E-state index in [0.29, 0.717) is 6.54 Å². The van der Waals surface area contributed by atoms with Crippen molar-refractivity contribution in [2.45, 2.75) is 19.9 Å². The van der Waals surface area contributed by atoms with E-state index in [4.69, 9.17) is 0 Å². The number of aryl methyl sites for hydroxylation is 1. The third-order valence-corrected chi connectivity index (χ3v) is 4.33. The fourth-order valence-electron chi connectivity index (χ4n) is 2.24. The molecule has 0 bridgehead atoms. The molecule has 2 aromatic rings. The van der Waals surface area contributed by atoms with Crippen LogP contribution in [0.1, 0.15) is 24.1 Å². The van der Waals surface area contributed by atoms with E-state index in [1.165, 1.54) is 0 Å².